The van der Waals surface area contributed by atoms with Gasteiger partial charge in [0.2, 0.25) is 0 Å². The number of hydrogen-bond acceptors (Lipinski definition) is 9. The minimum atomic E-state index is -1.24. The zero-order chi connectivity index (χ0) is 19.0. The molecule has 3 heterocycles. The summed E-state index contributed by atoms with van der Waals surface area (Å²) in [5.41, 5.74) is 5.49. The topological polar surface area (TPSA) is 190 Å². The third kappa shape index (κ3) is 3.39. The quantitative estimate of drug-likeness (QED) is 0.204. The number of allylic oxidation sites excluding steroid dienone is 1. The van der Waals surface area contributed by atoms with E-state index in [4.69, 9.17) is 10.9 Å². The van der Waals surface area contributed by atoms with Crippen molar-refractivity contribution in [2.45, 2.75) is 11.4 Å². The third-order valence-corrected chi connectivity index (χ3v) is 5.79. The van der Waals surface area contributed by atoms with Crippen LogP contribution in [0.15, 0.2) is 34.5 Å². The fraction of sp³-hybridized carbons (Fsp3) is 0.214. The smallest absolute Gasteiger partial charge is 0.352 e. The molecule has 2 atom stereocenters. The molecule has 0 bridgehead atoms. The van der Waals surface area contributed by atoms with Crippen molar-refractivity contribution in [2.24, 2.45) is 5.16 Å². The Balaban J connectivity index is 0.00000261. The van der Waals surface area contributed by atoms with E-state index in [1.54, 1.807) is 0 Å². The Morgan fingerprint density at radius 3 is 2.74 bits per heavy atom. The summed E-state index contributed by atoms with van der Waals surface area (Å²) < 4.78 is 0. The van der Waals surface area contributed by atoms with E-state index >= 15 is 0 Å². The number of aromatic nitrogens is 1. The Labute approximate surface area is 160 Å². The van der Waals surface area contributed by atoms with E-state index < -0.39 is 29.2 Å². The molecule has 2 aliphatic rings. The molecule has 11 nitrogen and oxygen atoms in total. The Hall–Kier alpha value is -2.90. The van der Waals surface area contributed by atoms with Gasteiger partial charge in [-0.2, -0.15) is 0 Å². The zero-order valence-corrected chi connectivity index (χ0v) is 15.2. The van der Waals surface area contributed by atoms with Gasteiger partial charge in [0.05, 0.1) is 0 Å². The molecular formula is C14H15N5O6S2. The molecular weight excluding hydrogens is 398 g/mol. The van der Waals surface area contributed by atoms with Gasteiger partial charge in [-0.15, -0.1) is 23.1 Å². The average Bonchev–Trinajstić information content (AvgIpc) is 3.04. The highest BCUT2D eigenvalue weighted by molar-refractivity contribution is 8.00. The normalized spacial score (nSPS) is 21.7. The molecule has 2 amide bonds. The fourth-order valence-electron chi connectivity index (χ4n) is 2.62. The first-order valence-corrected chi connectivity index (χ1v) is 9.09. The molecule has 7 N–H and O–H groups in total. The summed E-state index contributed by atoms with van der Waals surface area (Å²) in [6.07, 6.45) is 1.40. The lowest BCUT2D eigenvalue weighted by atomic mass is 10.0. The number of carbonyl (C=O) groups excluding carboxylic acids is 2. The van der Waals surface area contributed by atoms with Gasteiger partial charge in [-0.3, -0.25) is 14.5 Å². The monoisotopic (exact) mass is 413 g/mol. The number of carbonyl (C=O) groups is 3. The molecule has 144 valence electrons. The van der Waals surface area contributed by atoms with Gasteiger partial charge in [0, 0.05) is 11.1 Å². The maximum absolute atomic E-state index is 12.4. The number of oxime groups is 1. The standard InChI is InChI=1S/C14H13N5O5S2.H2O/c1-2-5-3-25-12-8(11(21)19(12)9(5)13(22)23)17-10(20)7(18-24)6-4-26-14(15)16-6;/h2,4,8,12,24H,1,3H2,(H2,15,16)(H,17,20)(H,22,23);1H2/b18-7-;/t8-,12-;/m1./s1. The van der Waals surface area contributed by atoms with Crippen LogP contribution in [0.4, 0.5) is 5.13 Å². The Bertz CT molecular complexity index is 879. The van der Waals surface area contributed by atoms with Crippen LogP contribution in [0.25, 0.3) is 0 Å². The Morgan fingerprint density at radius 1 is 1.52 bits per heavy atom. The fourth-order valence-corrected chi connectivity index (χ4v) is 4.51. The molecule has 0 saturated carbocycles. The molecule has 0 aliphatic carbocycles. The summed E-state index contributed by atoms with van der Waals surface area (Å²) >= 11 is 2.37. The molecule has 2 aliphatic heterocycles. The number of thioether (sulfide) groups is 1. The summed E-state index contributed by atoms with van der Waals surface area (Å²) in [6.45, 7) is 3.56. The van der Waals surface area contributed by atoms with Gasteiger partial charge in [-0.1, -0.05) is 17.8 Å². The van der Waals surface area contributed by atoms with Crippen LogP contribution < -0.4 is 11.1 Å². The van der Waals surface area contributed by atoms with Crippen LogP contribution in [0, 0.1) is 0 Å². The summed E-state index contributed by atoms with van der Waals surface area (Å²) in [4.78, 5) is 41.2. The minimum Gasteiger partial charge on any atom is -0.477 e. The number of nitrogen functional groups attached to an aromatic ring is 1. The summed E-state index contributed by atoms with van der Waals surface area (Å²) in [7, 11) is 0. The highest BCUT2D eigenvalue weighted by Gasteiger charge is 2.54. The lowest BCUT2D eigenvalue weighted by molar-refractivity contribution is -0.150. The van der Waals surface area contributed by atoms with E-state index in [1.165, 1.54) is 23.2 Å². The van der Waals surface area contributed by atoms with Gasteiger partial charge < -0.3 is 26.8 Å². The van der Waals surface area contributed by atoms with Crippen LogP contribution in [0.3, 0.4) is 0 Å². The van der Waals surface area contributed by atoms with Crippen molar-refractivity contribution in [2.75, 3.05) is 11.5 Å². The molecule has 0 spiro atoms. The number of amides is 2. The Morgan fingerprint density at radius 2 is 2.22 bits per heavy atom. The van der Waals surface area contributed by atoms with Crippen LogP contribution >= 0.6 is 23.1 Å². The second-order valence-corrected chi connectivity index (χ2v) is 7.26. The first-order valence-electron chi connectivity index (χ1n) is 7.16. The number of carboxylic acid groups (broad SMARTS) is 1. The molecule has 3 rings (SSSR count). The van der Waals surface area contributed by atoms with Gasteiger partial charge in [0.1, 0.15) is 22.8 Å². The molecule has 1 aromatic heterocycles. The number of β-lactam (4-membered cyclic amide) rings is 1. The summed E-state index contributed by atoms with van der Waals surface area (Å²) in [6, 6.07) is -0.944. The van der Waals surface area contributed by atoms with Gasteiger partial charge in [0.15, 0.2) is 10.8 Å². The zero-order valence-electron chi connectivity index (χ0n) is 13.6. The number of nitrogens with zero attached hydrogens (tertiary/aromatic N) is 3. The van der Waals surface area contributed by atoms with Crippen molar-refractivity contribution < 1.29 is 30.2 Å². The van der Waals surface area contributed by atoms with Crippen LogP contribution in [-0.2, 0) is 14.4 Å². The number of aliphatic carboxylic acids is 1. The lowest BCUT2D eigenvalue weighted by Crippen LogP contribution is -2.71. The minimum absolute atomic E-state index is 0. The summed E-state index contributed by atoms with van der Waals surface area (Å²) in [5.74, 6) is -2.27. The first-order chi connectivity index (χ1) is 12.4. The molecule has 0 unspecified atom stereocenters. The van der Waals surface area contributed by atoms with Crippen molar-refractivity contribution in [3.63, 3.8) is 0 Å². The second kappa shape index (κ2) is 7.77. The van der Waals surface area contributed by atoms with E-state index in [1.807, 2.05) is 0 Å². The molecule has 1 saturated heterocycles. The maximum Gasteiger partial charge on any atom is 0.352 e. The molecule has 0 radical (unpaired) electrons. The number of thiazole rings is 1. The van der Waals surface area contributed by atoms with Crippen molar-refractivity contribution in [1.29, 1.82) is 0 Å². The SMILES string of the molecule is C=CC1=C(C(=O)O)N2C(=O)[C@@H](NC(=O)/C(=N\O)c3csc(N)n3)[C@H]2SC1.O. The van der Waals surface area contributed by atoms with Gasteiger partial charge in [-0.25, -0.2) is 9.78 Å². The van der Waals surface area contributed by atoms with Crippen LogP contribution in [0.5, 0.6) is 0 Å². The van der Waals surface area contributed by atoms with E-state index in [0.29, 0.717) is 11.3 Å². The predicted molar refractivity (Wildman–Crippen MR) is 98.3 cm³/mol. The predicted octanol–water partition coefficient (Wildman–Crippen LogP) is -0.996. The number of nitrogens with one attached hydrogen (secondary N) is 1. The molecule has 1 fully saturated rings. The van der Waals surface area contributed by atoms with Gasteiger partial charge in [0.25, 0.3) is 11.8 Å². The molecule has 13 heteroatoms. The number of carboxylic acids is 1. The van der Waals surface area contributed by atoms with Crippen molar-refractivity contribution in [1.82, 2.24) is 15.2 Å². The number of hydrogen-bond donors (Lipinski definition) is 4. The third-order valence-electron chi connectivity index (χ3n) is 3.81. The van der Waals surface area contributed by atoms with Crippen molar-refractivity contribution in [3.8, 4) is 0 Å². The molecule has 0 aromatic carbocycles. The molecule has 27 heavy (non-hydrogen) atoms. The van der Waals surface area contributed by atoms with Crippen molar-refractivity contribution >= 4 is 51.7 Å². The number of fused-ring (bicyclic) bond motifs is 1. The van der Waals surface area contributed by atoms with Gasteiger partial charge >= 0.3 is 5.97 Å². The average molecular weight is 413 g/mol. The lowest BCUT2D eigenvalue weighted by Gasteiger charge is -2.49. The van der Waals surface area contributed by atoms with E-state index in [9.17, 15) is 19.5 Å². The molecule has 1 aromatic rings. The van der Waals surface area contributed by atoms with E-state index in [-0.39, 0.29) is 27.7 Å². The largest absolute Gasteiger partial charge is 0.477 e. The number of nitrogens with two attached hydrogens (primary N) is 1. The van der Waals surface area contributed by atoms with E-state index in [2.05, 4.69) is 22.0 Å². The highest BCUT2D eigenvalue weighted by Crippen LogP contribution is 2.40. The Kier molecular flexibility index (Phi) is 5.88. The second-order valence-electron chi connectivity index (χ2n) is 5.26. The van der Waals surface area contributed by atoms with Crippen LogP contribution in [0.1, 0.15) is 5.69 Å². The number of rotatable bonds is 5. The van der Waals surface area contributed by atoms with Gasteiger partial charge in [-0.05, 0) is 5.57 Å². The number of anilines is 1. The van der Waals surface area contributed by atoms with E-state index in [0.717, 1.165) is 16.2 Å². The highest BCUT2D eigenvalue weighted by atomic mass is 32.2. The summed E-state index contributed by atoms with van der Waals surface area (Å²) in [5, 5.41) is 24.9. The first kappa shape index (κ1) is 20.4. The maximum atomic E-state index is 12.4. The van der Waals surface area contributed by atoms with Crippen LogP contribution in [0.2, 0.25) is 0 Å². The van der Waals surface area contributed by atoms with Crippen LogP contribution in [-0.4, -0.2) is 66.3 Å². The van der Waals surface area contributed by atoms with Crippen molar-refractivity contribution in [3.05, 3.63) is 35.0 Å².